The smallest absolute Gasteiger partial charge is 0.141 e. The van der Waals surface area contributed by atoms with E-state index in [1.807, 2.05) is 30.5 Å². The van der Waals surface area contributed by atoms with E-state index in [1.165, 1.54) is 12.8 Å². The van der Waals surface area contributed by atoms with Crippen molar-refractivity contribution in [1.29, 1.82) is 0 Å². The third-order valence-corrected chi connectivity index (χ3v) is 5.92. The van der Waals surface area contributed by atoms with Gasteiger partial charge in [0.25, 0.3) is 0 Å². The minimum atomic E-state index is 0.467. The molecule has 0 spiro atoms. The molecule has 6 nitrogen and oxygen atoms in total. The first-order valence-electron chi connectivity index (χ1n) is 9.44. The second kappa shape index (κ2) is 6.85. The SMILES string of the molecule is Clc1ccc(NCC2CCC(c3nnn4cnc5[nH]ccc5c34)CC2)cc1. The molecule has 138 valence electrons. The molecule has 3 heterocycles. The molecule has 2 N–H and O–H groups in total. The Bertz CT molecular complexity index is 1060. The molecule has 27 heavy (non-hydrogen) atoms. The maximum absolute atomic E-state index is 5.95. The quantitative estimate of drug-likeness (QED) is 0.540. The van der Waals surface area contributed by atoms with Crippen LogP contribution in [-0.4, -0.2) is 31.3 Å². The Hall–Kier alpha value is -2.60. The number of nitrogens with zero attached hydrogens (tertiary/aromatic N) is 4. The van der Waals surface area contributed by atoms with Gasteiger partial charge in [0.2, 0.25) is 0 Å². The Kier molecular flexibility index (Phi) is 4.20. The Morgan fingerprint density at radius 3 is 2.74 bits per heavy atom. The highest BCUT2D eigenvalue weighted by Crippen LogP contribution is 2.37. The number of anilines is 1. The lowest BCUT2D eigenvalue weighted by Gasteiger charge is -2.28. The fourth-order valence-corrected chi connectivity index (χ4v) is 4.29. The van der Waals surface area contributed by atoms with Crippen LogP contribution in [0.25, 0.3) is 16.6 Å². The average Bonchev–Trinajstić information content (AvgIpc) is 3.34. The zero-order chi connectivity index (χ0) is 18.2. The van der Waals surface area contributed by atoms with Crippen molar-refractivity contribution in [3.63, 3.8) is 0 Å². The third-order valence-electron chi connectivity index (χ3n) is 5.67. The van der Waals surface area contributed by atoms with Crippen LogP contribution in [-0.2, 0) is 0 Å². The molecule has 1 aliphatic carbocycles. The van der Waals surface area contributed by atoms with Crippen molar-refractivity contribution in [3.8, 4) is 0 Å². The van der Waals surface area contributed by atoms with Crippen LogP contribution in [0.1, 0.15) is 37.3 Å². The van der Waals surface area contributed by atoms with E-state index in [1.54, 1.807) is 10.8 Å². The normalized spacial score (nSPS) is 20.3. The lowest BCUT2D eigenvalue weighted by Crippen LogP contribution is -2.20. The van der Waals surface area contributed by atoms with Gasteiger partial charge in [0.1, 0.15) is 17.5 Å². The van der Waals surface area contributed by atoms with Crippen molar-refractivity contribution in [3.05, 3.63) is 53.6 Å². The summed E-state index contributed by atoms with van der Waals surface area (Å²) >= 11 is 5.95. The van der Waals surface area contributed by atoms with Gasteiger partial charge in [-0.3, -0.25) is 0 Å². The number of fused-ring (bicyclic) bond motifs is 3. The number of nitrogens with one attached hydrogen (secondary N) is 2. The Labute approximate surface area is 161 Å². The highest BCUT2D eigenvalue weighted by atomic mass is 35.5. The van der Waals surface area contributed by atoms with Crippen LogP contribution in [0.4, 0.5) is 5.69 Å². The fraction of sp³-hybridized carbons (Fsp3) is 0.350. The van der Waals surface area contributed by atoms with E-state index in [4.69, 9.17) is 11.6 Å². The second-order valence-corrected chi connectivity index (χ2v) is 7.79. The highest BCUT2D eigenvalue weighted by Gasteiger charge is 2.26. The number of aromatic amines is 1. The monoisotopic (exact) mass is 380 g/mol. The molecule has 1 saturated carbocycles. The van der Waals surface area contributed by atoms with Crippen molar-refractivity contribution >= 4 is 33.8 Å². The van der Waals surface area contributed by atoms with Crippen LogP contribution >= 0.6 is 11.6 Å². The molecule has 1 fully saturated rings. The van der Waals surface area contributed by atoms with E-state index >= 15 is 0 Å². The molecule has 0 saturated heterocycles. The summed E-state index contributed by atoms with van der Waals surface area (Å²) in [6.07, 6.45) is 8.36. The highest BCUT2D eigenvalue weighted by molar-refractivity contribution is 6.30. The molecule has 3 aromatic heterocycles. The maximum Gasteiger partial charge on any atom is 0.141 e. The summed E-state index contributed by atoms with van der Waals surface area (Å²) in [5, 5.41) is 14.2. The molecule has 5 rings (SSSR count). The van der Waals surface area contributed by atoms with Gasteiger partial charge < -0.3 is 10.3 Å². The van der Waals surface area contributed by atoms with E-state index in [9.17, 15) is 0 Å². The standard InChI is InChI=1S/C20H21ClN6/c21-15-5-7-16(8-6-15)23-11-13-1-3-14(4-2-13)18-19-17-9-10-22-20(17)24-12-27(19)26-25-18/h5-10,12-14,22-23H,1-4,11H2. The number of aromatic nitrogens is 5. The van der Waals surface area contributed by atoms with Crippen LogP contribution in [0.5, 0.6) is 0 Å². The molecule has 0 bridgehead atoms. The summed E-state index contributed by atoms with van der Waals surface area (Å²) < 4.78 is 1.81. The molecular weight excluding hydrogens is 360 g/mol. The Balaban J connectivity index is 1.27. The predicted molar refractivity (Wildman–Crippen MR) is 107 cm³/mol. The minimum Gasteiger partial charge on any atom is -0.385 e. The maximum atomic E-state index is 5.95. The first-order valence-corrected chi connectivity index (χ1v) is 9.82. The van der Waals surface area contributed by atoms with Crippen molar-refractivity contribution in [2.75, 3.05) is 11.9 Å². The lowest BCUT2D eigenvalue weighted by molar-refractivity contribution is 0.336. The molecule has 0 aliphatic heterocycles. The van der Waals surface area contributed by atoms with Crippen molar-refractivity contribution in [2.24, 2.45) is 5.92 Å². The largest absolute Gasteiger partial charge is 0.385 e. The van der Waals surface area contributed by atoms with Gasteiger partial charge in [0.05, 0.1) is 5.69 Å². The van der Waals surface area contributed by atoms with Crippen LogP contribution in [0.2, 0.25) is 5.02 Å². The summed E-state index contributed by atoms with van der Waals surface area (Å²) in [6.45, 7) is 1.00. The van der Waals surface area contributed by atoms with Crippen LogP contribution in [0.3, 0.4) is 0 Å². The Morgan fingerprint density at radius 1 is 1.11 bits per heavy atom. The van der Waals surface area contributed by atoms with Crippen LogP contribution in [0, 0.1) is 5.92 Å². The summed E-state index contributed by atoms with van der Waals surface area (Å²) in [5.41, 5.74) is 4.25. The molecule has 0 unspecified atom stereocenters. The molecule has 0 radical (unpaired) electrons. The number of benzene rings is 1. The molecule has 0 amide bonds. The zero-order valence-corrected chi connectivity index (χ0v) is 15.7. The molecule has 0 atom stereocenters. The number of rotatable bonds is 4. The zero-order valence-electron chi connectivity index (χ0n) is 14.9. The number of H-pyrrole nitrogens is 1. The second-order valence-electron chi connectivity index (χ2n) is 7.36. The summed E-state index contributed by atoms with van der Waals surface area (Å²) in [4.78, 5) is 7.56. The third kappa shape index (κ3) is 3.14. The first kappa shape index (κ1) is 16.6. The first-order chi connectivity index (χ1) is 13.3. The van der Waals surface area contributed by atoms with Crippen molar-refractivity contribution in [2.45, 2.75) is 31.6 Å². The van der Waals surface area contributed by atoms with E-state index in [-0.39, 0.29) is 0 Å². The number of halogens is 1. The molecule has 1 aromatic carbocycles. The fourth-order valence-electron chi connectivity index (χ4n) is 4.16. The number of hydrogen-bond acceptors (Lipinski definition) is 4. The van der Waals surface area contributed by atoms with Gasteiger partial charge in [-0.25, -0.2) is 9.50 Å². The van der Waals surface area contributed by atoms with Gasteiger partial charge in [-0.2, -0.15) is 0 Å². The van der Waals surface area contributed by atoms with Gasteiger partial charge in [-0.15, -0.1) is 5.10 Å². The van der Waals surface area contributed by atoms with E-state index < -0.39 is 0 Å². The summed E-state index contributed by atoms with van der Waals surface area (Å²) in [7, 11) is 0. The van der Waals surface area contributed by atoms with Crippen molar-refractivity contribution in [1.82, 2.24) is 24.8 Å². The molecule has 7 heteroatoms. The summed E-state index contributed by atoms with van der Waals surface area (Å²) in [5.74, 6) is 1.16. The van der Waals surface area contributed by atoms with Gasteiger partial charge in [0.15, 0.2) is 0 Å². The van der Waals surface area contributed by atoms with Gasteiger partial charge in [-0.05, 0) is 61.9 Å². The molecular formula is C20H21ClN6. The van der Waals surface area contributed by atoms with E-state index in [0.29, 0.717) is 11.8 Å². The lowest BCUT2D eigenvalue weighted by atomic mass is 9.80. The van der Waals surface area contributed by atoms with Crippen LogP contribution in [0.15, 0.2) is 42.9 Å². The van der Waals surface area contributed by atoms with E-state index in [0.717, 1.165) is 52.3 Å². The molecule has 1 aliphatic rings. The van der Waals surface area contributed by atoms with Crippen molar-refractivity contribution < 1.29 is 0 Å². The Morgan fingerprint density at radius 2 is 1.93 bits per heavy atom. The van der Waals surface area contributed by atoms with Gasteiger partial charge in [-0.1, -0.05) is 16.8 Å². The van der Waals surface area contributed by atoms with Gasteiger partial charge in [0, 0.05) is 34.8 Å². The minimum absolute atomic E-state index is 0.467. The topological polar surface area (TPSA) is 70.9 Å². The predicted octanol–water partition coefficient (Wildman–Crippen LogP) is 4.64. The average molecular weight is 381 g/mol. The summed E-state index contributed by atoms with van der Waals surface area (Å²) in [6, 6.07) is 9.98. The van der Waals surface area contributed by atoms with Gasteiger partial charge >= 0.3 is 0 Å². The number of hydrogen-bond donors (Lipinski definition) is 2. The molecule has 4 aromatic rings. The van der Waals surface area contributed by atoms with E-state index in [2.05, 4.69) is 31.7 Å². The van der Waals surface area contributed by atoms with Crippen LogP contribution < -0.4 is 5.32 Å².